The minimum Gasteiger partial charge on any atom is -0.439 e. The zero-order valence-corrected chi connectivity index (χ0v) is 33.0. The Labute approximate surface area is 331 Å². The lowest BCUT2D eigenvalue weighted by molar-refractivity contribution is -0.118. The van der Waals surface area contributed by atoms with E-state index in [1.165, 1.54) is 19.1 Å². The lowest BCUT2D eigenvalue weighted by atomic mass is 9.85. The van der Waals surface area contributed by atoms with Crippen LogP contribution in [0, 0.1) is 11.8 Å². The summed E-state index contributed by atoms with van der Waals surface area (Å²) in [6.07, 6.45) is 3.53. The summed E-state index contributed by atoms with van der Waals surface area (Å²) in [5.41, 5.74) is 12.8. The van der Waals surface area contributed by atoms with Gasteiger partial charge in [-0.2, -0.15) is 0 Å². The molecule has 5 N–H and O–H groups in total. The van der Waals surface area contributed by atoms with E-state index in [0.717, 1.165) is 33.0 Å². The van der Waals surface area contributed by atoms with Crippen molar-refractivity contribution in [1.82, 2.24) is 0 Å². The maximum Gasteiger partial charge on any atom is 0.405 e. The molecule has 1 unspecified atom stereocenters. The molecular weight excluding hydrogens is 723 g/mol. The third kappa shape index (κ3) is 8.46. The van der Waals surface area contributed by atoms with Crippen molar-refractivity contribution in [3.05, 3.63) is 125 Å². The van der Waals surface area contributed by atoms with E-state index in [4.69, 9.17) is 25.7 Å². The van der Waals surface area contributed by atoms with Gasteiger partial charge in [0.15, 0.2) is 6.10 Å². The summed E-state index contributed by atoms with van der Waals surface area (Å²) in [4.78, 5) is 56.5. The fourth-order valence-electron chi connectivity index (χ4n) is 7.86. The maximum atomic E-state index is 14.8. The highest BCUT2D eigenvalue weighted by Gasteiger charge is 2.36. The zero-order chi connectivity index (χ0) is 41.1. The van der Waals surface area contributed by atoms with Crippen molar-refractivity contribution >= 4 is 61.6 Å². The van der Waals surface area contributed by atoms with Gasteiger partial charge >= 0.3 is 6.09 Å². The zero-order valence-electron chi connectivity index (χ0n) is 33.0. The molecular formula is C46H49N3O8. The molecule has 2 amide bonds. The second-order valence-electron chi connectivity index (χ2n) is 15.0. The number of nitrogens with two attached hydrogens (primary N) is 2. The number of hydrogen-bond donors (Lipinski definition) is 3. The van der Waals surface area contributed by atoms with Gasteiger partial charge in [-0.3, -0.25) is 19.3 Å². The Kier molecular flexibility index (Phi) is 12.2. The fourth-order valence-corrected chi connectivity index (χ4v) is 7.86. The summed E-state index contributed by atoms with van der Waals surface area (Å²) in [5, 5.41) is 17.1. The molecule has 0 radical (unpaired) electrons. The minimum atomic E-state index is -1.01. The number of Topliss-reactive ketones (excluding diaryl/α,β-unsaturated/α-hetero) is 1. The molecule has 4 aromatic carbocycles. The molecule has 6 rings (SSSR count). The van der Waals surface area contributed by atoms with Crippen molar-refractivity contribution in [3.63, 3.8) is 0 Å². The average molecular weight is 772 g/mol. The number of fused-ring (bicyclic) bond motifs is 5. The maximum absolute atomic E-state index is 14.8. The summed E-state index contributed by atoms with van der Waals surface area (Å²) in [6, 6.07) is 21.8. The van der Waals surface area contributed by atoms with Gasteiger partial charge in [-0.05, 0) is 95.4 Å². The summed E-state index contributed by atoms with van der Waals surface area (Å²) >= 11 is 0. The van der Waals surface area contributed by atoms with Crippen molar-refractivity contribution in [2.45, 2.75) is 65.0 Å². The predicted molar refractivity (Wildman–Crippen MR) is 222 cm³/mol. The third-order valence-electron chi connectivity index (χ3n) is 10.9. The first kappa shape index (κ1) is 40.8. The summed E-state index contributed by atoms with van der Waals surface area (Å²) in [5.74, 6) is -2.48. The lowest BCUT2D eigenvalue weighted by Crippen LogP contribution is -2.39. The van der Waals surface area contributed by atoms with Gasteiger partial charge in [0, 0.05) is 42.7 Å². The summed E-state index contributed by atoms with van der Waals surface area (Å²) in [6.45, 7) is 7.03. The Morgan fingerprint density at radius 1 is 0.877 bits per heavy atom. The van der Waals surface area contributed by atoms with Gasteiger partial charge in [0.05, 0.1) is 23.6 Å². The van der Waals surface area contributed by atoms with Crippen LogP contribution < -0.4 is 16.4 Å². The van der Waals surface area contributed by atoms with Gasteiger partial charge in [0.25, 0.3) is 5.91 Å². The number of carbonyl (C=O) groups excluding carboxylic acids is 4. The van der Waals surface area contributed by atoms with E-state index in [0.29, 0.717) is 23.1 Å². The first-order valence-electron chi connectivity index (χ1n) is 18.9. The number of ether oxygens (including phenoxy) is 3. The Morgan fingerprint density at radius 3 is 2.18 bits per heavy atom. The molecule has 0 saturated carbocycles. The molecule has 0 aromatic heterocycles. The second-order valence-corrected chi connectivity index (χ2v) is 15.0. The molecule has 296 valence electrons. The van der Waals surface area contributed by atoms with Crippen LogP contribution in [0.15, 0.2) is 125 Å². The van der Waals surface area contributed by atoms with Crippen LogP contribution in [0.1, 0.15) is 40.5 Å². The molecule has 1 aliphatic carbocycles. The highest BCUT2D eigenvalue weighted by molar-refractivity contribution is 6.28. The molecule has 0 spiro atoms. The molecule has 11 heteroatoms. The number of amides is 2. The predicted octanol–water partition coefficient (Wildman–Crippen LogP) is 7.10. The Hall–Kier alpha value is -5.88. The molecule has 57 heavy (non-hydrogen) atoms. The van der Waals surface area contributed by atoms with Crippen LogP contribution in [0.2, 0.25) is 0 Å². The molecule has 2 aliphatic rings. The Morgan fingerprint density at radius 2 is 1.53 bits per heavy atom. The number of nitrogens with zero attached hydrogens (tertiary/aromatic N) is 1. The largest absolute Gasteiger partial charge is 0.439 e. The molecule has 2 bridgehead atoms. The topological polar surface area (TPSA) is 171 Å². The van der Waals surface area contributed by atoms with Gasteiger partial charge < -0.3 is 30.8 Å². The van der Waals surface area contributed by atoms with Crippen molar-refractivity contribution in [3.8, 4) is 0 Å². The van der Waals surface area contributed by atoms with Crippen LogP contribution in [-0.4, -0.2) is 67.3 Å². The molecule has 6 atom stereocenters. The number of anilines is 1. The van der Waals surface area contributed by atoms with Gasteiger partial charge in [-0.15, -0.1) is 0 Å². The number of ketones is 2. The number of methoxy groups -OCH3 is 2. The SMILES string of the molecule is COC1/C=C\C=C(/C)C(=O)N(c2cccc3cc4cc5ccccc5cc4cc23)C2=CC(=O)C(N)=C(C[C@@H](C)C[C@H](OC)[C@H](O)[C@@H](C)/C=C(\C)[C@@H]1OC(N)=O)C2=O. The molecule has 1 aliphatic heterocycles. The number of aliphatic hydroxyl groups excluding tert-OH is 1. The Balaban J connectivity index is 1.54. The summed E-state index contributed by atoms with van der Waals surface area (Å²) < 4.78 is 17.0. The van der Waals surface area contributed by atoms with Crippen molar-refractivity contribution in [2.24, 2.45) is 23.3 Å². The normalized spacial score (nSPS) is 26.9. The van der Waals surface area contributed by atoms with Crippen LogP contribution in [0.25, 0.3) is 32.3 Å². The van der Waals surface area contributed by atoms with Crippen LogP contribution in [0.4, 0.5) is 10.5 Å². The number of primary amides is 1. The quantitative estimate of drug-likeness (QED) is 0.111. The van der Waals surface area contributed by atoms with E-state index in [2.05, 4.69) is 18.2 Å². The van der Waals surface area contributed by atoms with Crippen molar-refractivity contribution < 1.29 is 38.5 Å². The second kappa shape index (κ2) is 17.1. The van der Waals surface area contributed by atoms with E-state index in [1.54, 1.807) is 51.1 Å². The first-order valence-corrected chi connectivity index (χ1v) is 18.9. The van der Waals surface area contributed by atoms with E-state index in [1.807, 2.05) is 49.4 Å². The van der Waals surface area contributed by atoms with Gasteiger partial charge in [-0.25, -0.2) is 4.79 Å². The number of carbonyl (C=O) groups is 4. The van der Waals surface area contributed by atoms with Crippen LogP contribution in [0.3, 0.4) is 0 Å². The van der Waals surface area contributed by atoms with Crippen LogP contribution in [-0.2, 0) is 28.6 Å². The van der Waals surface area contributed by atoms with E-state index in [9.17, 15) is 24.3 Å². The number of allylic oxidation sites excluding steroid dienone is 4. The molecule has 11 nitrogen and oxygen atoms in total. The molecule has 0 saturated heterocycles. The molecule has 1 heterocycles. The van der Waals surface area contributed by atoms with Crippen LogP contribution >= 0.6 is 0 Å². The highest BCUT2D eigenvalue weighted by atomic mass is 16.6. The van der Waals surface area contributed by atoms with Gasteiger partial charge in [0.1, 0.15) is 11.8 Å². The fraction of sp³-hybridized carbons (Fsp3) is 0.304. The smallest absolute Gasteiger partial charge is 0.405 e. The Bertz CT molecular complexity index is 2420. The number of hydrogen-bond acceptors (Lipinski definition) is 9. The first-order chi connectivity index (χ1) is 27.2. The standard InChI is InChI=1S/C46H49N3O8/c1-25-17-35-41(47)38(50)24-37(43(35)52)49(36-15-10-14-31-22-32-20-29-12-7-8-13-30(29)21-33(32)23-34(31)36)45(53)26(2)11-9-16-39(55-5)44(57-46(48)54)28(4)19-27(3)42(51)40(18-25)56-6/h7-16,19-25,27,39-40,42,44,51H,17-18,47H2,1-6H3,(H2,48,54)/b16-9-,26-11+,28-19+/t25-,27+,39?,40+,42-,44+/m1/s1. The summed E-state index contributed by atoms with van der Waals surface area (Å²) in [7, 11) is 2.93. The molecule has 0 fully saturated rings. The molecule has 4 aromatic rings. The average Bonchev–Trinajstić information content (AvgIpc) is 3.19. The minimum absolute atomic E-state index is 0.0838. The number of rotatable bonds is 4. The van der Waals surface area contributed by atoms with Crippen molar-refractivity contribution in [2.75, 3.05) is 19.1 Å². The number of benzene rings is 4. The van der Waals surface area contributed by atoms with Gasteiger partial charge in [-0.1, -0.05) is 74.5 Å². The van der Waals surface area contributed by atoms with Gasteiger partial charge in [0.2, 0.25) is 11.6 Å². The lowest BCUT2D eigenvalue weighted by Gasteiger charge is -2.31. The monoisotopic (exact) mass is 771 g/mol. The van der Waals surface area contributed by atoms with E-state index < -0.39 is 53.9 Å². The van der Waals surface area contributed by atoms with Crippen molar-refractivity contribution in [1.29, 1.82) is 0 Å². The van der Waals surface area contributed by atoms with Crippen LogP contribution in [0.5, 0.6) is 0 Å². The third-order valence-corrected chi connectivity index (χ3v) is 10.9. The van der Waals surface area contributed by atoms with E-state index >= 15 is 0 Å². The highest BCUT2D eigenvalue weighted by Crippen LogP contribution is 2.37. The van der Waals surface area contributed by atoms with E-state index in [-0.39, 0.29) is 34.9 Å². The number of aliphatic hydroxyl groups is 1.